The molecule has 0 unspecified atom stereocenters. The molecule has 0 aliphatic carbocycles. The summed E-state index contributed by atoms with van der Waals surface area (Å²) in [6, 6.07) is 3.96. The van der Waals surface area contributed by atoms with Gasteiger partial charge in [-0.15, -0.1) is 0 Å². The van der Waals surface area contributed by atoms with E-state index in [0.29, 0.717) is 0 Å². The van der Waals surface area contributed by atoms with E-state index in [0.717, 1.165) is 6.07 Å². The average Bonchev–Trinajstić information content (AvgIpc) is 2.05. The first-order valence-electron chi connectivity index (χ1n) is 3.26. The van der Waals surface area contributed by atoms with Crippen molar-refractivity contribution in [3.63, 3.8) is 0 Å². The Hall–Kier alpha value is -1.63. The molecule has 4 nitrogen and oxygen atoms in total. The molecule has 7 heteroatoms. The second-order valence-corrected chi connectivity index (χ2v) is 2.16. The number of rotatable bonds is 1. The molecule has 1 heterocycles. The summed E-state index contributed by atoms with van der Waals surface area (Å²) in [6.07, 6.45) is -3.50. The van der Waals surface area contributed by atoms with Crippen LogP contribution in [-0.4, -0.2) is 27.6 Å². The molecule has 0 spiro atoms. The molecule has 1 rings (SSSR count). The monoisotopic (exact) mass is 208 g/mol. The van der Waals surface area contributed by atoms with E-state index in [1.165, 1.54) is 18.3 Å². The largest absolute Gasteiger partial charge is 0.438 e. The second-order valence-electron chi connectivity index (χ2n) is 2.16. The second kappa shape index (κ2) is 4.56. The van der Waals surface area contributed by atoms with Crippen molar-refractivity contribution in [1.82, 2.24) is 4.98 Å². The Balaban J connectivity index is 0.00000169. The van der Waals surface area contributed by atoms with Crippen LogP contribution in [0.25, 0.3) is 0 Å². The highest BCUT2D eigenvalue weighted by molar-refractivity contribution is 6.02. The lowest BCUT2D eigenvalue weighted by Gasteiger charge is -2.06. The molecule has 78 valence electrons. The first kappa shape index (κ1) is 12.4. The fourth-order valence-corrected chi connectivity index (χ4v) is 0.756. The predicted octanol–water partition coefficient (Wildman–Crippen LogP) is 0.997. The van der Waals surface area contributed by atoms with Crippen molar-refractivity contribution in [2.75, 3.05) is 0 Å². The van der Waals surface area contributed by atoms with Crippen LogP contribution in [0.2, 0.25) is 0 Å². The van der Waals surface area contributed by atoms with Gasteiger partial charge in [-0.25, -0.2) is 0 Å². The fraction of sp³-hybridized carbons (Fsp3) is 0.143. The van der Waals surface area contributed by atoms with Crippen LogP contribution < -0.4 is 0 Å². The number of pyridine rings is 1. The molecular formula is C7H7F3N2O2. The van der Waals surface area contributed by atoms with Crippen LogP contribution in [-0.2, 0) is 0 Å². The number of oxime groups is 1. The van der Waals surface area contributed by atoms with Crippen LogP contribution in [0.3, 0.4) is 0 Å². The predicted molar refractivity (Wildman–Crippen MR) is 42.2 cm³/mol. The van der Waals surface area contributed by atoms with E-state index >= 15 is 0 Å². The number of alkyl halides is 3. The summed E-state index contributed by atoms with van der Waals surface area (Å²) in [6.45, 7) is 0. The quantitative estimate of drug-likeness (QED) is 0.424. The first-order chi connectivity index (χ1) is 6.05. The summed E-state index contributed by atoms with van der Waals surface area (Å²) in [5.41, 5.74) is -1.80. The minimum absolute atomic E-state index is 0. The standard InChI is InChI=1S/C7H5F3N2O.H2O/c8-7(9,10)6(12-13)5-3-1-2-4-11-5;/h1-4,13H;1H2/b12-6-;. The van der Waals surface area contributed by atoms with E-state index in [2.05, 4.69) is 10.1 Å². The molecule has 0 atom stereocenters. The molecule has 1 aromatic heterocycles. The molecule has 0 radical (unpaired) electrons. The van der Waals surface area contributed by atoms with E-state index < -0.39 is 17.6 Å². The highest BCUT2D eigenvalue weighted by atomic mass is 19.4. The summed E-state index contributed by atoms with van der Waals surface area (Å²) >= 11 is 0. The molecule has 1 aromatic rings. The Morgan fingerprint density at radius 1 is 1.36 bits per heavy atom. The molecule has 0 fully saturated rings. The van der Waals surface area contributed by atoms with Crippen LogP contribution in [0, 0.1) is 0 Å². The van der Waals surface area contributed by atoms with Gasteiger partial charge in [0.15, 0.2) is 0 Å². The van der Waals surface area contributed by atoms with E-state index in [1.807, 2.05) is 0 Å². The van der Waals surface area contributed by atoms with Crippen molar-refractivity contribution in [3.8, 4) is 0 Å². The molecule has 0 bridgehead atoms. The zero-order chi connectivity index (χ0) is 9.90. The number of halogens is 3. The smallest absolute Gasteiger partial charge is 0.412 e. The van der Waals surface area contributed by atoms with Gasteiger partial charge in [-0.1, -0.05) is 11.2 Å². The summed E-state index contributed by atoms with van der Waals surface area (Å²) in [5, 5.41) is 10.3. The van der Waals surface area contributed by atoms with Crippen molar-refractivity contribution in [2.45, 2.75) is 6.18 Å². The van der Waals surface area contributed by atoms with Gasteiger partial charge in [0.1, 0.15) is 0 Å². The minimum Gasteiger partial charge on any atom is -0.412 e. The van der Waals surface area contributed by atoms with Crippen LogP contribution >= 0.6 is 0 Å². The van der Waals surface area contributed by atoms with Crippen molar-refractivity contribution in [1.29, 1.82) is 0 Å². The van der Waals surface area contributed by atoms with Crippen molar-refractivity contribution >= 4 is 5.71 Å². The first-order valence-corrected chi connectivity index (χ1v) is 3.26. The molecule has 0 saturated heterocycles. The Morgan fingerprint density at radius 3 is 2.36 bits per heavy atom. The molecular weight excluding hydrogens is 201 g/mol. The fourth-order valence-electron chi connectivity index (χ4n) is 0.756. The summed E-state index contributed by atoms with van der Waals surface area (Å²) in [7, 11) is 0. The highest BCUT2D eigenvalue weighted by Crippen LogP contribution is 2.20. The van der Waals surface area contributed by atoms with Gasteiger partial charge in [-0.05, 0) is 12.1 Å². The SMILES string of the molecule is O.O/N=C(/c1ccccn1)C(F)(F)F. The zero-order valence-corrected chi connectivity index (χ0v) is 6.78. The maximum atomic E-state index is 12.1. The molecule has 3 N–H and O–H groups in total. The van der Waals surface area contributed by atoms with E-state index in [-0.39, 0.29) is 5.48 Å². The van der Waals surface area contributed by atoms with Gasteiger partial charge < -0.3 is 10.7 Å². The van der Waals surface area contributed by atoms with Crippen LogP contribution in [0.5, 0.6) is 0 Å². The molecule has 14 heavy (non-hydrogen) atoms. The van der Waals surface area contributed by atoms with Crippen molar-refractivity contribution in [3.05, 3.63) is 30.1 Å². The Morgan fingerprint density at radius 2 is 2.00 bits per heavy atom. The van der Waals surface area contributed by atoms with Gasteiger partial charge in [0.2, 0.25) is 5.71 Å². The number of aromatic nitrogens is 1. The van der Waals surface area contributed by atoms with Gasteiger partial charge in [0, 0.05) is 6.20 Å². The Bertz CT molecular complexity index is 310. The topological polar surface area (TPSA) is 77.0 Å². The maximum absolute atomic E-state index is 12.1. The van der Waals surface area contributed by atoms with Gasteiger partial charge in [-0.2, -0.15) is 13.2 Å². The lowest BCUT2D eigenvalue weighted by molar-refractivity contribution is -0.0603. The third kappa shape index (κ3) is 2.70. The number of nitrogens with zero attached hydrogens (tertiary/aromatic N) is 2. The highest BCUT2D eigenvalue weighted by Gasteiger charge is 2.38. The maximum Gasteiger partial charge on any atom is 0.438 e. The number of hydrogen-bond acceptors (Lipinski definition) is 3. The third-order valence-electron chi connectivity index (χ3n) is 1.28. The van der Waals surface area contributed by atoms with E-state index in [1.54, 1.807) is 0 Å². The molecule has 0 aliphatic rings. The molecule has 0 aromatic carbocycles. The third-order valence-corrected chi connectivity index (χ3v) is 1.28. The average molecular weight is 208 g/mol. The molecule has 0 saturated carbocycles. The summed E-state index contributed by atoms with van der Waals surface area (Å²) < 4.78 is 36.2. The van der Waals surface area contributed by atoms with E-state index in [9.17, 15) is 13.2 Å². The summed E-state index contributed by atoms with van der Waals surface area (Å²) in [5.74, 6) is 0. The normalized spacial score (nSPS) is 12.1. The van der Waals surface area contributed by atoms with Gasteiger partial charge in [0.05, 0.1) is 5.69 Å². The Labute approximate surface area is 77.0 Å². The lowest BCUT2D eigenvalue weighted by atomic mass is 10.2. The van der Waals surface area contributed by atoms with E-state index in [4.69, 9.17) is 5.21 Å². The number of hydrogen-bond donors (Lipinski definition) is 1. The van der Waals surface area contributed by atoms with Gasteiger partial charge >= 0.3 is 6.18 Å². The van der Waals surface area contributed by atoms with Crippen LogP contribution in [0.1, 0.15) is 5.69 Å². The van der Waals surface area contributed by atoms with Crippen LogP contribution in [0.4, 0.5) is 13.2 Å². The zero-order valence-electron chi connectivity index (χ0n) is 6.78. The van der Waals surface area contributed by atoms with Crippen LogP contribution in [0.15, 0.2) is 29.6 Å². The van der Waals surface area contributed by atoms with Gasteiger partial charge in [-0.3, -0.25) is 4.98 Å². The molecule has 0 aliphatic heterocycles. The minimum atomic E-state index is -4.69. The van der Waals surface area contributed by atoms with Crippen molar-refractivity contribution in [2.24, 2.45) is 5.16 Å². The van der Waals surface area contributed by atoms with Gasteiger partial charge in [0.25, 0.3) is 0 Å². The Kier molecular flexibility index (Phi) is 4.03. The summed E-state index contributed by atoms with van der Waals surface area (Å²) in [4.78, 5) is 3.41. The lowest BCUT2D eigenvalue weighted by Crippen LogP contribution is -2.24. The molecule has 0 amide bonds. The van der Waals surface area contributed by atoms with Crippen molar-refractivity contribution < 1.29 is 23.9 Å².